The van der Waals surface area contributed by atoms with Crippen LogP contribution in [0.2, 0.25) is 0 Å². The molecule has 9 nitrogen and oxygen atoms in total. The average molecular weight is 398 g/mol. The maximum absolute atomic E-state index is 13.1. The molecule has 9 heteroatoms. The highest BCUT2D eigenvalue weighted by atomic mass is 16.7. The second-order valence-corrected chi connectivity index (χ2v) is 6.79. The normalized spacial score (nSPS) is 12.4. The van der Waals surface area contributed by atoms with Crippen LogP contribution in [0.5, 0.6) is 11.5 Å². The summed E-state index contributed by atoms with van der Waals surface area (Å²) in [4.78, 5) is 14.8. The fraction of sp³-hybridized carbons (Fsp3) is 0.350. The van der Waals surface area contributed by atoms with Crippen LogP contribution < -0.4 is 9.47 Å². The fourth-order valence-electron chi connectivity index (χ4n) is 3.22. The zero-order valence-corrected chi connectivity index (χ0v) is 16.5. The van der Waals surface area contributed by atoms with Gasteiger partial charge in [-0.1, -0.05) is 11.2 Å². The van der Waals surface area contributed by atoms with Gasteiger partial charge in [0.15, 0.2) is 23.0 Å². The first kappa shape index (κ1) is 19.0. The first-order chi connectivity index (χ1) is 14.0. The van der Waals surface area contributed by atoms with E-state index in [1.807, 2.05) is 38.4 Å². The molecule has 1 aromatic carbocycles. The molecule has 0 spiro atoms. The maximum atomic E-state index is 13.1. The Hall–Kier alpha value is -3.33. The summed E-state index contributed by atoms with van der Waals surface area (Å²) in [6, 6.07) is 7.28. The summed E-state index contributed by atoms with van der Waals surface area (Å²) < 4.78 is 23.0. The highest BCUT2D eigenvalue weighted by Gasteiger charge is 2.23. The Kier molecular flexibility index (Phi) is 5.22. The van der Waals surface area contributed by atoms with E-state index in [0.717, 1.165) is 16.8 Å². The number of amides is 1. The molecule has 1 aliphatic rings. The smallest absolute Gasteiger partial charge is 0.276 e. The average Bonchev–Trinajstić information content (AvgIpc) is 3.43. The molecule has 3 heterocycles. The van der Waals surface area contributed by atoms with E-state index in [9.17, 15) is 4.79 Å². The maximum Gasteiger partial charge on any atom is 0.276 e. The number of aryl methyl sites for hydroxylation is 2. The van der Waals surface area contributed by atoms with E-state index in [-0.39, 0.29) is 18.4 Å². The van der Waals surface area contributed by atoms with Crippen LogP contribution >= 0.6 is 0 Å². The van der Waals surface area contributed by atoms with E-state index in [1.165, 1.54) is 0 Å². The van der Waals surface area contributed by atoms with Gasteiger partial charge in [-0.2, -0.15) is 5.10 Å². The molecule has 0 atom stereocenters. The van der Waals surface area contributed by atoms with Gasteiger partial charge in [-0.15, -0.1) is 0 Å². The van der Waals surface area contributed by atoms with Crippen molar-refractivity contribution in [2.24, 2.45) is 7.05 Å². The molecule has 2 aromatic heterocycles. The summed E-state index contributed by atoms with van der Waals surface area (Å²) in [7, 11) is 3.43. The van der Waals surface area contributed by atoms with Gasteiger partial charge < -0.3 is 23.6 Å². The molecule has 1 aliphatic heterocycles. The summed E-state index contributed by atoms with van der Waals surface area (Å²) in [6.07, 6.45) is 1.83. The molecule has 0 aliphatic carbocycles. The number of hydrogen-bond donors (Lipinski definition) is 0. The van der Waals surface area contributed by atoms with Gasteiger partial charge in [0.2, 0.25) is 6.79 Å². The van der Waals surface area contributed by atoms with Crippen LogP contribution in [0.3, 0.4) is 0 Å². The highest BCUT2D eigenvalue weighted by molar-refractivity contribution is 5.93. The molecule has 0 saturated heterocycles. The van der Waals surface area contributed by atoms with E-state index in [0.29, 0.717) is 37.0 Å². The molecule has 3 aromatic rings. The number of rotatable bonds is 7. The third-order valence-corrected chi connectivity index (χ3v) is 4.67. The van der Waals surface area contributed by atoms with Crippen LogP contribution in [-0.2, 0) is 18.3 Å². The van der Waals surface area contributed by atoms with Gasteiger partial charge in [0.1, 0.15) is 0 Å². The SMILES string of the molecule is COCCN(Cc1ccc2c(c1)OCO2)C(=O)c1cc(-c2cn(C)nc2C)on1. The Bertz CT molecular complexity index is 1030. The van der Waals surface area contributed by atoms with E-state index < -0.39 is 0 Å². The van der Waals surface area contributed by atoms with Crippen LogP contribution in [0.1, 0.15) is 21.7 Å². The summed E-state index contributed by atoms with van der Waals surface area (Å²) in [5.41, 5.74) is 2.77. The number of benzene rings is 1. The number of nitrogens with zero attached hydrogens (tertiary/aromatic N) is 4. The van der Waals surface area contributed by atoms with Crippen molar-refractivity contribution in [3.8, 4) is 22.8 Å². The third-order valence-electron chi connectivity index (χ3n) is 4.67. The highest BCUT2D eigenvalue weighted by Crippen LogP contribution is 2.33. The molecule has 0 bridgehead atoms. The molecule has 29 heavy (non-hydrogen) atoms. The monoisotopic (exact) mass is 398 g/mol. The Morgan fingerprint density at radius 1 is 1.28 bits per heavy atom. The lowest BCUT2D eigenvalue weighted by molar-refractivity contribution is 0.0670. The second-order valence-electron chi connectivity index (χ2n) is 6.79. The largest absolute Gasteiger partial charge is 0.454 e. The van der Waals surface area contributed by atoms with Crippen molar-refractivity contribution in [1.82, 2.24) is 19.8 Å². The van der Waals surface area contributed by atoms with Crippen molar-refractivity contribution in [3.05, 3.63) is 47.4 Å². The lowest BCUT2D eigenvalue weighted by Crippen LogP contribution is -2.33. The Morgan fingerprint density at radius 3 is 2.86 bits per heavy atom. The van der Waals surface area contributed by atoms with Crippen molar-refractivity contribution in [2.75, 3.05) is 27.1 Å². The van der Waals surface area contributed by atoms with Crippen LogP contribution in [0.25, 0.3) is 11.3 Å². The number of carbonyl (C=O) groups is 1. The third kappa shape index (κ3) is 3.95. The fourth-order valence-corrected chi connectivity index (χ4v) is 3.22. The second kappa shape index (κ2) is 7.96. The van der Waals surface area contributed by atoms with E-state index in [4.69, 9.17) is 18.7 Å². The number of methoxy groups -OCH3 is 1. The van der Waals surface area contributed by atoms with Crippen molar-refractivity contribution < 1.29 is 23.5 Å². The van der Waals surface area contributed by atoms with Gasteiger partial charge in [-0.05, 0) is 24.6 Å². The number of aromatic nitrogens is 3. The number of hydrogen-bond acceptors (Lipinski definition) is 7. The molecule has 0 N–H and O–H groups in total. The number of ether oxygens (including phenoxy) is 3. The Morgan fingerprint density at radius 2 is 2.10 bits per heavy atom. The van der Waals surface area contributed by atoms with Gasteiger partial charge in [-0.25, -0.2) is 0 Å². The van der Waals surface area contributed by atoms with Crippen molar-refractivity contribution in [1.29, 1.82) is 0 Å². The van der Waals surface area contributed by atoms with Crippen LogP contribution in [-0.4, -0.2) is 52.8 Å². The molecule has 0 saturated carbocycles. The predicted molar refractivity (Wildman–Crippen MR) is 103 cm³/mol. The first-order valence-electron chi connectivity index (χ1n) is 9.19. The van der Waals surface area contributed by atoms with Crippen molar-refractivity contribution in [3.63, 3.8) is 0 Å². The minimum atomic E-state index is -0.240. The van der Waals surface area contributed by atoms with E-state index in [2.05, 4.69) is 10.3 Å². The van der Waals surface area contributed by atoms with Crippen LogP contribution in [0, 0.1) is 6.92 Å². The Balaban J connectivity index is 1.55. The summed E-state index contributed by atoms with van der Waals surface area (Å²) in [5, 5.41) is 8.28. The standard InChI is InChI=1S/C20H22N4O5/c1-13-15(11-23(2)21-13)18-9-16(22-29-18)20(25)24(6-7-26-3)10-14-4-5-17-19(8-14)28-12-27-17/h4-5,8-9,11H,6-7,10,12H2,1-3H3. The summed E-state index contributed by atoms with van der Waals surface area (Å²) in [6.45, 7) is 3.29. The van der Waals surface area contributed by atoms with E-state index >= 15 is 0 Å². The minimum Gasteiger partial charge on any atom is -0.454 e. The van der Waals surface area contributed by atoms with Gasteiger partial charge in [0.05, 0.1) is 17.9 Å². The molecule has 4 rings (SSSR count). The lowest BCUT2D eigenvalue weighted by Gasteiger charge is -2.21. The van der Waals surface area contributed by atoms with Crippen LogP contribution in [0.15, 0.2) is 35.0 Å². The molecular weight excluding hydrogens is 376 g/mol. The first-order valence-corrected chi connectivity index (χ1v) is 9.19. The molecule has 152 valence electrons. The van der Waals surface area contributed by atoms with Crippen molar-refractivity contribution in [2.45, 2.75) is 13.5 Å². The molecule has 0 radical (unpaired) electrons. The van der Waals surface area contributed by atoms with Crippen molar-refractivity contribution >= 4 is 5.91 Å². The summed E-state index contributed by atoms with van der Waals surface area (Å²) >= 11 is 0. The van der Waals surface area contributed by atoms with E-state index in [1.54, 1.807) is 22.8 Å². The number of carbonyl (C=O) groups excluding carboxylic acids is 1. The van der Waals surface area contributed by atoms with Crippen LogP contribution in [0.4, 0.5) is 0 Å². The molecule has 0 unspecified atom stereocenters. The predicted octanol–water partition coefficient (Wildman–Crippen LogP) is 2.40. The zero-order valence-electron chi connectivity index (χ0n) is 16.5. The zero-order chi connectivity index (χ0) is 20.4. The van der Waals surface area contributed by atoms with Gasteiger partial charge in [0, 0.05) is 39.5 Å². The molecule has 1 amide bonds. The minimum absolute atomic E-state index is 0.209. The van der Waals surface area contributed by atoms with Gasteiger partial charge >= 0.3 is 0 Å². The summed E-state index contributed by atoms with van der Waals surface area (Å²) in [5.74, 6) is 1.65. The quantitative estimate of drug-likeness (QED) is 0.603. The Labute approximate surface area is 167 Å². The molecule has 0 fully saturated rings. The topological polar surface area (TPSA) is 91.8 Å². The molecular formula is C20H22N4O5. The number of fused-ring (bicyclic) bond motifs is 1. The van der Waals surface area contributed by atoms with Gasteiger partial charge in [-0.3, -0.25) is 9.48 Å². The van der Waals surface area contributed by atoms with Gasteiger partial charge in [0.25, 0.3) is 5.91 Å². The lowest BCUT2D eigenvalue weighted by atomic mass is 10.1.